The number of nitrogens with two attached hydrogens (primary N) is 1. The summed E-state index contributed by atoms with van der Waals surface area (Å²) in [5.74, 6) is 0. The Morgan fingerprint density at radius 1 is 0.810 bits per heavy atom. The van der Waals surface area contributed by atoms with Gasteiger partial charge in [-0.1, -0.05) is 61.5 Å². The minimum atomic E-state index is 0.239. The van der Waals surface area contributed by atoms with Crippen LogP contribution < -0.4 is 5.73 Å². The predicted molar refractivity (Wildman–Crippen MR) is 92.1 cm³/mol. The van der Waals surface area contributed by atoms with Crippen LogP contribution in [-0.4, -0.2) is 6.04 Å². The molecule has 0 spiro atoms. The molecule has 0 aliphatic rings. The van der Waals surface area contributed by atoms with Gasteiger partial charge in [-0.15, -0.1) is 0 Å². The van der Waals surface area contributed by atoms with E-state index >= 15 is 0 Å². The first kappa shape index (κ1) is 12.6. The lowest BCUT2D eigenvalue weighted by Crippen LogP contribution is -2.21. The Morgan fingerprint density at radius 3 is 2.14 bits per heavy atom. The summed E-state index contributed by atoms with van der Waals surface area (Å²) in [5.41, 5.74) is 7.55. The third kappa shape index (κ3) is 1.89. The molecule has 104 valence electrons. The average Bonchev–Trinajstić information content (AvgIpc) is 2.53. The van der Waals surface area contributed by atoms with E-state index in [9.17, 15) is 0 Å². The van der Waals surface area contributed by atoms with E-state index in [0.29, 0.717) is 0 Å². The number of benzene rings is 4. The molecule has 1 unspecified atom stereocenters. The lowest BCUT2D eigenvalue weighted by atomic mass is 9.90. The second kappa shape index (κ2) is 4.71. The number of hydrogen-bond acceptors (Lipinski definition) is 1. The molecule has 0 bridgehead atoms. The Kier molecular flexibility index (Phi) is 2.83. The SMILES string of the molecule is CCC(N)Cc1ccc2ccc3cccc4ccc1c2c34. The quantitative estimate of drug-likeness (QED) is 0.530. The summed E-state index contributed by atoms with van der Waals surface area (Å²) in [6, 6.07) is 20.2. The van der Waals surface area contributed by atoms with Gasteiger partial charge in [0.15, 0.2) is 0 Å². The van der Waals surface area contributed by atoms with Gasteiger partial charge in [0.1, 0.15) is 0 Å². The molecular weight excluding hydrogens is 254 g/mol. The zero-order chi connectivity index (χ0) is 14.4. The van der Waals surface area contributed by atoms with Crippen molar-refractivity contribution in [2.24, 2.45) is 5.73 Å². The highest BCUT2D eigenvalue weighted by atomic mass is 14.6. The molecule has 4 aromatic rings. The Hall–Kier alpha value is -2.12. The number of rotatable bonds is 3. The molecule has 0 aromatic heterocycles. The molecule has 1 nitrogen and oxygen atoms in total. The summed E-state index contributed by atoms with van der Waals surface area (Å²) in [6.45, 7) is 2.15. The van der Waals surface area contributed by atoms with Crippen LogP contribution in [0.3, 0.4) is 0 Å². The third-order valence-electron chi connectivity index (χ3n) is 4.63. The summed E-state index contributed by atoms with van der Waals surface area (Å²) >= 11 is 0. The van der Waals surface area contributed by atoms with Gasteiger partial charge in [-0.05, 0) is 50.7 Å². The van der Waals surface area contributed by atoms with Crippen LogP contribution in [0.4, 0.5) is 0 Å². The molecular formula is C20H19N. The molecule has 0 saturated heterocycles. The van der Waals surface area contributed by atoms with Crippen LogP contribution >= 0.6 is 0 Å². The first-order chi connectivity index (χ1) is 10.3. The van der Waals surface area contributed by atoms with E-state index in [4.69, 9.17) is 5.73 Å². The van der Waals surface area contributed by atoms with Gasteiger partial charge in [-0.2, -0.15) is 0 Å². The Bertz CT molecular complexity index is 907. The van der Waals surface area contributed by atoms with Crippen molar-refractivity contribution < 1.29 is 0 Å². The van der Waals surface area contributed by atoms with Gasteiger partial charge < -0.3 is 5.73 Å². The topological polar surface area (TPSA) is 26.0 Å². The van der Waals surface area contributed by atoms with Crippen molar-refractivity contribution in [3.63, 3.8) is 0 Å². The van der Waals surface area contributed by atoms with Crippen LogP contribution in [-0.2, 0) is 6.42 Å². The summed E-state index contributed by atoms with van der Waals surface area (Å²) < 4.78 is 0. The Labute approximate surface area is 124 Å². The van der Waals surface area contributed by atoms with E-state index in [1.807, 2.05) is 0 Å². The molecule has 0 saturated carbocycles. The molecule has 0 amide bonds. The molecule has 0 radical (unpaired) electrons. The summed E-state index contributed by atoms with van der Waals surface area (Å²) in [5, 5.41) is 8.11. The van der Waals surface area contributed by atoms with Gasteiger partial charge in [0.25, 0.3) is 0 Å². The molecule has 1 heteroatoms. The van der Waals surface area contributed by atoms with Crippen LogP contribution in [0.1, 0.15) is 18.9 Å². The van der Waals surface area contributed by atoms with Crippen LogP contribution in [0.2, 0.25) is 0 Å². The van der Waals surface area contributed by atoms with Gasteiger partial charge in [-0.3, -0.25) is 0 Å². The van der Waals surface area contributed by atoms with Gasteiger partial charge in [0.05, 0.1) is 0 Å². The van der Waals surface area contributed by atoms with Gasteiger partial charge in [0.2, 0.25) is 0 Å². The van der Waals surface area contributed by atoms with Crippen molar-refractivity contribution in [3.05, 3.63) is 60.2 Å². The molecule has 2 N–H and O–H groups in total. The predicted octanol–water partition coefficient (Wildman–Crippen LogP) is 4.86. The Morgan fingerprint density at radius 2 is 1.43 bits per heavy atom. The average molecular weight is 273 g/mol. The van der Waals surface area contributed by atoms with Gasteiger partial charge in [0, 0.05) is 6.04 Å². The molecule has 1 atom stereocenters. The molecule has 4 aromatic carbocycles. The van der Waals surface area contributed by atoms with Crippen molar-refractivity contribution in [2.45, 2.75) is 25.8 Å². The fourth-order valence-electron chi connectivity index (χ4n) is 3.40. The second-order valence-electron chi connectivity index (χ2n) is 5.95. The minimum absolute atomic E-state index is 0.239. The van der Waals surface area contributed by atoms with Crippen LogP contribution in [0.5, 0.6) is 0 Å². The maximum Gasteiger partial charge on any atom is 0.00769 e. The van der Waals surface area contributed by atoms with Crippen LogP contribution in [0.25, 0.3) is 32.3 Å². The molecule has 0 heterocycles. The molecule has 4 rings (SSSR count). The highest BCUT2D eigenvalue weighted by molar-refractivity contribution is 6.23. The maximum atomic E-state index is 6.18. The van der Waals surface area contributed by atoms with E-state index in [2.05, 4.69) is 61.5 Å². The van der Waals surface area contributed by atoms with E-state index < -0.39 is 0 Å². The largest absolute Gasteiger partial charge is 0.327 e. The summed E-state index contributed by atoms with van der Waals surface area (Å²) in [6.07, 6.45) is 1.96. The van der Waals surface area contributed by atoms with Crippen LogP contribution in [0, 0.1) is 0 Å². The minimum Gasteiger partial charge on any atom is -0.327 e. The van der Waals surface area contributed by atoms with Gasteiger partial charge in [-0.25, -0.2) is 0 Å². The molecule has 0 fully saturated rings. The van der Waals surface area contributed by atoms with E-state index in [-0.39, 0.29) is 6.04 Å². The normalized spacial score (nSPS) is 13.4. The lowest BCUT2D eigenvalue weighted by molar-refractivity contribution is 0.649. The lowest BCUT2D eigenvalue weighted by Gasteiger charge is -2.15. The van der Waals surface area contributed by atoms with E-state index in [0.717, 1.165) is 12.8 Å². The standard InChI is InChI=1S/C20H19N/c1-2-17(21)12-16-9-8-15-7-6-13-4-3-5-14-10-11-18(16)20(15)19(13)14/h3-11,17H,2,12,21H2,1H3. The van der Waals surface area contributed by atoms with Crippen molar-refractivity contribution in [2.75, 3.05) is 0 Å². The van der Waals surface area contributed by atoms with Gasteiger partial charge >= 0.3 is 0 Å². The first-order valence-corrected chi connectivity index (χ1v) is 7.69. The second-order valence-corrected chi connectivity index (χ2v) is 5.95. The first-order valence-electron chi connectivity index (χ1n) is 7.69. The number of hydrogen-bond donors (Lipinski definition) is 1. The maximum absolute atomic E-state index is 6.18. The Balaban J connectivity index is 2.10. The summed E-state index contributed by atoms with van der Waals surface area (Å²) in [4.78, 5) is 0. The van der Waals surface area contributed by atoms with E-state index in [1.54, 1.807) is 0 Å². The van der Waals surface area contributed by atoms with Crippen molar-refractivity contribution in [3.8, 4) is 0 Å². The zero-order valence-corrected chi connectivity index (χ0v) is 12.3. The molecule has 0 aliphatic carbocycles. The fourth-order valence-corrected chi connectivity index (χ4v) is 3.40. The summed E-state index contributed by atoms with van der Waals surface area (Å²) in [7, 11) is 0. The fraction of sp³-hybridized carbons (Fsp3) is 0.200. The van der Waals surface area contributed by atoms with Crippen LogP contribution in [0.15, 0.2) is 54.6 Å². The highest BCUT2D eigenvalue weighted by Gasteiger charge is 2.11. The van der Waals surface area contributed by atoms with Crippen molar-refractivity contribution in [1.29, 1.82) is 0 Å². The molecule has 0 aliphatic heterocycles. The zero-order valence-electron chi connectivity index (χ0n) is 12.3. The van der Waals surface area contributed by atoms with Crippen molar-refractivity contribution >= 4 is 32.3 Å². The van der Waals surface area contributed by atoms with E-state index in [1.165, 1.54) is 37.9 Å². The highest BCUT2D eigenvalue weighted by Crippen LogP contribution is 2.36. The smallest absolute Gasteiger partial charge is 0.00769 e. The molecule has 21 heavy (non-hydrogen) atoms. The monoisotopic (exact) mass is 273 g/mol. The van der Waals surface area contributed by atoms with Crippen molar-refractivity contribution in [1.82, 2.24) is 0 Å². The third-order valence-corrected chi connectivity index (χ3v) is 4.63.